The van der Waals surface area contributed by atoms with Crippen LogP contribution < -0.4 is 11.5 Å². The van der Waals surface area contributed by atoms with Crippen LogP contribution in [-0.4, -0.2) is 18.2 Å². The van der Waals surface area contributed by atoms with Crippen LogP contribution in [0.25, 0.3) is 0 Å². The van der Waals surface area contributed by atoms with Gasteiger partial charge in [-0.3, -0.25) is 9.59 Å². The highest BCUT2D eigenvalue weighted by atomic mass is 16.1. The summed E-state index contributed by atoms with van der Waals surface area (Å²) in [5.74, 6) is -0.106. The summed E-state index contributed by atoms with van der Waals surface area (Å²) in [5, 5.41) is 0. The normalized spacial score (nSPS) is 10.1. The lowest BCUT2D eigenvalue weighted by atomic mass is 10.1. The smallest absolute Gasteiger partial charge is 0.217 e. The molecular formula is C10H20N2O2. The molecule has 0 atom stereocenters. The van der Waals surface area contributed by atoms with Gasteiger partial charge in [-0.15, -0.1) is 0 Å². The fraction of sp³-hybridized carbons (Fsp3) is 0.800. The maximum absolute atomic E-state index is 10.8. The highest BCUT2D eigenvalue weighted by Gasteiger charge is 1.98. The second kappa shape index (κ2) is 8.69. The fourth-order valence-electron chi connectivity index (χ4n) is 1.25. The van der Waals surface area contributed by atoms with Crippen LogP contribution in [-0.2, 0) is 9.59 Å². The number of Topliss-reactive ketones (excluding diaryl/α,β-unsaturated/α-hetero) is 1. The fourth-order valence-corrected chi connectivity index (χ4v) is 1.25. The van der Waals surface area contributed by atoms with E-state index in [4.69, 9.17) is 11.5 Å². The monoisotopic (exact) mass is 200 g/mol. The lowest BCUT2D eigenvalue weighted by Crippen LogP contribution is -2.12. The number of carbonyl (C=O) groups is 2. The zero-order valence-electron chi connectivity index (χ0n) is 8.63. The summed E-state index contributed by atoms with van der Waals surface area (Å²) in [6.45, 7) is 0.154. The number of amides is 1. The molecule has 0 saturated heterocycles. The summed E-state index contributed by atoms with van der Waals surface area (Å²) in [4.78, 5) is 21.2. The van der Waals surface area contributed by atoms with Crippen molar-refractivity contribution in [2.24, 2.45) is 11.5 Å². The molecule has 0 aromatic rings. The Morgan fingerprint density at radius 3 is 1.86 bits per heavy atom. The molecule has 0 saturated carbocycles. The minimum Gasteiger partial charge on any atom is -0.370 e. The van der Waals surface area contributed by atoms with Crippen LogP contribution in [0.3, 0.4) is 0 Å². The highest BCUT2D eigenvalue weighted by Crippen LogP contribution is 2.06. The average Bonchev–Trinajstić information content (AvgIpc) is 2.15. The van der Waals surface area contributed by atoms with E-state index < -0.39 is 0 Å². The van der Waals surface area contributed by atoms with Crippen molar-refractivity contribution in [1.29, 1.82) is 0 Å². The van der Waals surface area contributed by atoms with Crippen molar-refractivity contribution in [3.63, 3.8) is 0 Å². The van der Waals surface area contributed by atoms with E-state index in [-0.39, 0.29) is 18.2 Å². The third-order valence-corrected chi connectivity index (χ3v) is 2.11. The molecule has 4 nitrogen and oxygen atoms in total. The van der Waals surface area contributed by atoms with Crippen molar-refractivity contribution in [2.45, 2.75) is 44.9 Å². The van der Waals surface area contributed by atoms with Crippen LogP contribution in [0.4, 0.5) is 0 Å². The third kappa shape index (κ3) is 9.19. The standard InChI is InChI=1S/C10H20N2O2/c11-8-9(13)6-4-2-1-3-5-7-10(12)14/h1-8,11H2,(H2,12,14). The Balaban J connectivity index is 3.06. The third-order valence-electron chi connectivity index (χ3n) is 2.11. The Bertz CT molecular complexity index is 181. The number of nitrogens with two attached hydrogens (primary N) is 2. The van der Waals surface area contributed by atoms with Crippen molar-refractivity contribution < 1.29 is 9.59 Å². The molecule has 0 aliphatic heterocycles. The molecule has 0 aliphatic carbocycles. The maximum atomic E-state index is 10.8. The number of hydrogen-bond acceptors (Lipinski definition) is 3. The SMILES string of the molecule is NCC(=O)CCCCCCCC(N)=O. The van der Waals surface area contributed by atoms with Gasteiger partial charge in [0.25, 0.3) is 0 Å². The van der Waals surface area contributed by atoms with E-state index >= 15 is 0 Å². The Morgan fingerprint density at radius 1 is 0.857 bits per heavy atom. The molecule has 0 rings (SSSR count). The van der Waals surface area contributed by atoms with Gasteiger partial charge in [0.15, 0.2) is 0 Å². The van der Waals surface area contributed by atoms with Crippen molar-refractivity contribution in [3.05, 3.63) is 0 Å². The molecule has 0 aromatic carbocycles. The van der Waals surface area contributed by atoms with Crippen LogP contribution >= 0.6 is 0 Å². The van der Waals surface area contributed by atoms with Gasteiger partial charge in [-0.05, 0) is 12.8 Å². The first-order valence-electron chi connectivity index (χ1n) is 5.17. The number of hydrogen-bond donors (Lipinski definition) is 2. The second-order valence-corrected chi connectivity index (χ2v) is 3.48. The van der Waals surface area contributed by atoms with Gasteiger partial charge in [0.05, 0.1) is 6.54 Å². The average molecular weight is 200 g/mol. The van der Waals surface area contributed by atoms with E-state index in [1.807, 2.05) is 0 Å². The van der Waals surface area contributed by atoms with E-state index in [0.29, 0.717) is 12.8 Å². The predicted octanol–water partition coefficient (Wildman–Crippen LogP) is 0.730. The lowest BCUT2D eigenvalue weighted by Gasteiger charge is -1.99. The maximum Gasteiger partial charge on any atom is 0.217 e. The first kappa shape index (κ1) is 13.1. The van der Waals surface area contributed by atoms with E-state index in [9.17, 15) is 9.59 Å². The van der Waals surface area contributed by atoms with Crippen LogP contribution in [0.5, 0.6) is 0 Å². The number of ketones is 1. The van der Waals surface area contributed by atoms with Crippen molar-refractivity contribution >= 4 is 11.7 Å². The number of primary amides is 1. The van der Waals surface area contributed by atoms with Gasteiger partial charge in [-0.2, -0.15) is 0 Å². The molecule has 4 heteroatoms. The van der Waals surface area contributed by atoms with Gasteiger partial charge in [0.2, 0.25) is 5.91 Å². The Hall–Kier alpha value is -0.900. The molecule has 0 spiro atoms. The van der Waals surface area contributed by atoms with Gasteiger partial charge in [-0.1, -0.05) is 19.3 Å². The van der Waals surface area contributed by atoms with Gasteiger partial charge in [0, 0.05) is 12.8 Å². The number of carbonyl (C=O) groups excluding carboxylic acids is 2. The zero-order chi connectivity index (χ0) is 10.8. The molecule has 0 heterocycles. The van der Waals surface area contributed by atoms with Crippen molar-refractivity contribution in [1.82, 2.24) is 0 Å². The van der Waals surface area contributed by atoms with Crippen molar-refractivity contribution in [3.8, 4) is 0 Å². The van der Waals surface area contributed by atoms with Gasteiger partial charge in [-0.25, -0.2) is 0 Å². The number of rotatable bonds is 9. The first-order valence-corrected chi connectivity index (χ1v) is 5.17. The summed E-state index contributed by atoms with van der Waals surface area (Å²) < 4.78 is 0. The zero-order valence-corrected chi connectivity index (χ0v) is 8.63. The van der Waals surface area contributed by atoms with Gasteiger partial charge >= 0.3 is 0 Å². The Morgan fingerprint density at radius 2 is 1.36 bits per heavy atom. The van der Waals surface area contributed by atoms with Crippen molar-refractivity contribution in [2.75, 3.05) is 6.54 Å². The topological polar surface area (TPSA) is 86.2 Å². The molecule has 0 fully saturated rings. The molecule has 0 bridgehead atoms. The van der Waals surface area contributed by atoms with Gasteiger partial charge in [0.1, 0.15) is 5.78 Å². The molecule has 4 N–H and O–H groups in total. The molecule has 0 aliphatic rings. The predicted molar refractivity (Wildman–Crippen MR) is 55.6 cm³/mol. The molecular weight excluding hydrogens is 180 g/mol. The molecule has 1 amide bonds. The Labute approximate surface area is 85.0 Å². The summed E-state index contributed by atoms with van der Waals surface area (Å²) in [6.07, 6.45) is 5.94. The minimum absolute atomic E-state index is 0.127. The second-order valence-electron chi connectivity index (χ2n) is 3.48. The lowest BCUT2D eigenvalue weighted by molar-refractivity contribution is -0.118. The summed E-state index contributed by atoms with van der Waals surface area (Å²) in [6, 6.07) is 0. The quantitative estimate of drug-likeness (QED) is 0.538. The minimum atomic E-state index is -0.233. The summed E-state index contributed by atoms with van der Waals surface area (Å²) >= 11 is 0. The van der Waals surface area contributed by atoms with E-state index in [2.05, 4.69) is 0 Å². The summed E-state index contributed by atoms with van der Waals surface area (Å²) in [7, 11) is 0. The highest BCUT2D eigenvalue weighted by molar-refractivity contribution is 5.80. The van der Waals surface area contributed by atoms with Crippen LogP contribution in [0.1, 0.15) is 44.9 Å². The number of unbranched alkanes of at least 4 members (excludes halogenated alkanes) is 4. The van der Waals surface area contributed by atoms with Crippen LogP contribution in [0, 0.1) is 0 Å². The molecule has 0 unspecified atom stereocenters. The molecule has 82 valence electrons. The van der Waals surface area contributed by atoms with Gasteiger partial charge < -0.3 is 11.5 Å². The van der Waals surface area contributed by atoms with E-state index in [1.54, 1.807) is 0 Å². The first-order chi connectivity index (χ1) is 6.66. The molecule has 0 aromatic heterocycles. The molecule has 14 heavy (non-hydrogen) atoms. The summed E-state index contributed by atoms with van der Waals surface area (Å²) in [5.41, 5.74) is 10.2. The van der Waals surface area contributed by atoms with Crippen LogP contribution in [0.15, 0.2) is 0 Å². The Kier molecular flexibility index (Phi) is 8.13. The largest absolute Gasteiger partial charge is 0.370 e. The van der Waals surface area contributed by atoms with Crippen LogP contribution in [0.2, 0.25) is 0 Å². The molecule has 0 radical (unpaired) electrons. The van der Waals surface area contributed by atoms with E-state index in [1.165, 1.54) is 0 Å². The van der Waals surface area contributed by atoms with E-state index in [0.717, 1.165) is 32.1 Å².